The Morgan fingerprint density at radius 2 is 1.88 bits per heavy atom. The van der Waals surface area contributed by atoms with Gasteiger partial charge in [-0.2, -0.15) is 0 Å². The lowest BCUT2D eigenvalue weighted by atomic mass is 10.1. The van der Waals surface area contributed by atoms with E-state index in [4.69, 9.17) is 0 Å². The van der Waals surface area contributed by atoms with Crippen molar-refractivity contribution in [2.45, 2.75) is 23.9 Å². The maximum absolute atomic E-state index is 12.2. The molecular weight excluding hydrogens is 338 g/mol. The molecule has 0 fully saturated rings. The van der Waals surface area contributed by atoms with E-state index in [-0.39, 0.29) is 5.91 Å². The third-order valence-corrected chi connectivity index (χ3v) is 5.43. The molecule has 122 valence electrons. The second-order valence-electron chi connectivity index (χ2n) is 5.47. The Balaban J connectivity index is 1.59. The molecule has 4 nitrogen and oxygen atoms in total. The number of carbonyl (C=O) groups is 1. The summed E-state index contributed by atoms with van der Waals surface area (Å²) in [6.07, 6.45) is 0. The molecule has 0 spiro atoms. The summed E-state index contributed by atoms with van der Waals surface area (Å²) >= 11 is 3.01. The van der Waals surface area contributed by atoms with Crippen molar-refractivity contribution < 1.29 is 4.79 Å². The Morgan fingerprint density at radius 1 is 1.08 bits per heavy atom. The minimum absolute atomic E-state index is 0.162. The van der Waals surface area contributed by atoms with Crippen molar-refractivity contribution in [3.63, 3.8) is 0 Å². The van der Waals surface area contributed by atoms with Gasteiger partial charge in [0, 0.05) is 11.3 Å². The SMILES string of the molecule is Cc1ccc(CSc2nnc(NC(=O)c3cccc(C)c3)s2)cc1. The van der Waals surface area contributed by atoms with E-state index in [0.717, 1.165) is 15.7 Å². The van der Waals surface area contributed by atoms with Gasteiger partial charge in [0.25, 0.3) is 5.91 Å². The molecule has 0 saturated carbocycles. The largest absolute Gasteiger partial charge is 0.296 e. The summed E-state index contributed by atoms with van der Waals surface area (Å²) in [5.74, 6) is 0.672. The van der Waals surface area contributed by atoms with E-state index in [9.17, 15) is 4.79 Å². The van der Waals surface area contributed by atoms with Crippen LogP contribution >= 0.6 is 23.1 Å². The molecule has 0 atom stereocenters. The van der Waals surface area contributed by atoms with E-state index in [2.05, 4.69) is 46.7 Å². The fourth-order valence-electron chi connectivity index (χ4n) is 2.10. The van der Waals surface area contributed by atoms with Crippen molar-refractivity contribution in [2.75, 3.05) is 5.32 Å². The minimum atomic E-state index is -0.162. The standard InChI is InChI=1S/C18H17N3OS2/c1-12-6-8-14(9-7-12)11-23-18-21-20-17(24-18)19-16(22)15-5-3-4-13(2)10-15/h3-10H,11H2,1-2H3,(H,19,20,22). The second-order valence-corrected chi connectivity index (χ2v) is 7.67. The van der Waals surface area contributed by atoms with Crippen molar-refractivity contribution in [3.05, 3.63) is 70.8 Å². The lowest BCUT2D eigenvalue weighted by Gasteiger charge is -2.01. The van der Waals surface area contributed by atoms with Gasteiger partial charge in [0.1, 0.15) is 0 Å². The Labute approximate surface area is 149 Å². The third-order valence-electron chi connectivity index (χ3n) is 3.39. The Bertz CT molecular complexity index is 843. The van der Waals surface area contributed by atoms with Gasteiger partial charge in [-0.3, -0.25) is 10.1 Å². The minimum Gasteiger partial charge on any atom is -0.296 e. The van der Waals surface area contributed by atoms with Crippen molar-refractivity contribution in [1.29, 1.82) is 0 Å². The van der Waals surface area contributed by atoms with Gasteiger partial charge in [0.2, 0.25) is 5.13 Å². The summed E-state index contributed by atoms with van der Waals surface area (Å²) in [5.41, 5.74) is 4.17. The third kappa shape index (κ3) is 4.43. The quantitative estimate of drug-likeness (QED) is 0.532. The van der Waals surface area contributed by atoms with Crippen molar-refractivity contribution in [2.24, 2.45) is 0 Å². The van der Waals surface area contributed by atoms with E-state index in [1.165, 1.54) is 22.5 Å². The average molecular weight is 355 g/mol. The number of rotatable bonds is 5. The Kier molecular flexibility index (Phi) is 5.27. The highest BCUT2D eigenvalue weighted by molar-refractivity contribution is 8.00. The number of carbonyl (C=O) groups excluding carboxylic acids is 1. The highest BCUT2D eigenvalue weighted by Crippen LogP contribution is 2.28. The van der Waals surface area contributed by atoms with Crippen molar-refractivity contribution in [3.8, 4) is 0 Å². The number of anilines is 1. The van der Waals surface area contributed by atoms with Gasteiger partial charge in [-0.05, 0) is 31.5 Å². The highest BCUT2D eigenvalue weighted by atomic mass is 32.2. The topological polar surface area (TPSA) is 54.9 Å². The van der Waals surface area contributed by atoms with Crippen LogP contribution in [-0.4, -0.2) is 16.1 Å². The summed E-state index contributed by atoms with van der Waals surface area (Å²) in [6, 6.07) is 15.9. The number of aryl methyl sites for hydroxylation is 2. The van der Waals surface area contributed by atoms with Crippen molar-refractivity contribution >= 4 is 34.1 Å². The summed E-state index contributed by atoms with van der Waals surface area (Å²) in [5, 5.41) is 11.5. The summed E-state index contributed by atoms with van der Waals surface area (Å²) in [6.45, 7) is 4.03. The fourth-order valence-corrected chi connectivity index (χ4v) is 3.81. The number of nitrogens with zero attached hydrogens (tertiary/aromatic N) is 2. The van der Waals surface area contributed by atoms with E-state index in [1.807, 2.05) is 25.1 Å². The van der Waals surface area contributed by atoms with Crippen LogP contribution in [0.5, 0.6) is 0 Å². The average Bonchev–Trinajstić information content (AvgIpc) is 3.02. The zero-order valence-corrected chi connectivity index (χ0v) is 15.1. The first-order valence-corrected chi connectivity index (χ1v) is 9.30. The van der Waals surface area contributed by atoms with Gasteiger partial charge in [-0.25, -0.2) is 0 Å². The molecule has 2 aromatic carbocycles. The van der Waals surface area contributed by atoms with Gasteiger partial charge in [-0.15, -0.1) is 10.2 Å². The number of thioether (sulfide) groups is 1. The zero-order valence-electron chi connectivity index (χ0n) is 13.4. The molecule has 1 N–H and O–H groups in total. The predicted octanol–water partition coefficient (Wildman–Crippen LogP) is 4.70. The molecule has 0 aliphatic carbocycles. The molecule has 0 aliphatic rings. The molecule has 24 heavy (non-hydrogen) atoms. The highest BCUT2D eigenvalue weighted by Gasteiger charge is 2.10. The summed E-state index contributed by atoms with van der Waals surface area (Å²) in [7, 11) is 0. The second kappa shape index (κ2) is 7.59. The smallest absolute Gasteiger partial charge is 0.257 e. The molecular formula is C18H17N3OS2. The molecule has 1 aromatic heterocycles. The molecule has 1 amide bonds. The van der Waals surface area contributed by atoms with Gasteiger partial charge in [0.15, 0.2) is 4.34 Å². The lowest BCUT2D eigenvalue weighted by molar-refractivity contribution is 0.102. The normalized spacial score (nSPS) is 10.6. The summed E-state index contributed by atoms with van der Waals surface area (Å²) < 4.78 is 0.843. The molecule has 0 radical (unpaired) electrons. The molecule has 1 heterocycles. The number of aromatic nitrogens is 2. The molecule has 0 saturated heterocycles. The van der Waals surface area contributed by atoms with Gasteiger partial charge in [-0.1, -0.05) is 70.6 Å². The Morgan fingerprint density at radius 3 is 2.62 bits per heavy atom. The fraction of sp³-hybridized carbons (Fsp3) is 0.167. The van der Waals surface area contributed by atoms with Crippen LogP contribution in [0, 0.1) is 13.8 Å². The van der Waals surface area contributed by atoms with Crippen LogP contribution in [0.3, 0.4) is 0 Å². The van der Waals surface area contributed by atoms with E-state index >= 15 is 0 Å². The first-order chi connectivity index (χ1) is 11.6. The molecule has 0 unspecified atom stereocenters. The van der Waals surface area contributed by atoms with Gasteiger partial charge in [0.05, 0.1) is 0 Å². The van der Waals surface area contributed by atoms with Crippen LogP contribution in [0.15, 0.2) is 52.9 Å². The monoisotopic (exact) mass is 355 g/mol. The van der Waals surface area contributed by atoms with E-state index in [1.54, 1.807) is 17.8 Å². The van der Waals surface area contributed by atoms with Crippen molar-refractivity contribution in [1.82, 2.24) is 10.2 Å². The first-order valence-electron chi connectivity index (χ1n) is 7.50. The van der Waals surface area contributed by atoms with Crippen LogP contribution in [-0.2, 0) is 5.75 Å². The van der Waals surface area contributed by atoms with Crippen LogP contribution in [0.1, 0.15) is 27.0 Å². The van der Waals surface area contributed by atoms with Gasteiger partial charge >= 0.3 is 0 Å². The molecule has 3 aromatic rings. The van der Waals surface area contributed by atoms with Crippen LogP contribution in [0.4, 0.5) is 5.13 Å². The molecule has 0 bridgehead atoms. The number of amides is 1. The predicted molar refractivity (Wildman–Crippen MR) is 99.8 cm³/mol. The van der Waals surface area contributed by atoms with E-state index in [0.29, 0.717) is 10.7 Å². The molecule has 3 rings (SSSR count). The first kappa shape index (κ1) is 16.7. The van der Waals surface area contributed by atoms with E-state index < -0.39 is 0 Å². The number of hydrogen-bond donors (Lipinski definition) is 1. The van der Waals surface area contributed by atoms with Gasteiger partial charge < -0.3 is 0 Å². The Hall–Kier alpha value is -2.18. The number of benzene rings is 2. The maximum atomic E-state index is 12.2. The molecule has 0 aliphatic heterocycles. The van der Waals surface area contributed by atoms with Crippen LogP contribution < -0.4 is 5.32 Å². The molecule has 6 heteroatoms. The summed E-state index contributed by atoms with van der Waals surface area (Å²) in [4.78, 5) is 12.2. The maximum Gasteiger partial charge on any atom is 0.257 e. The number of nitrogens with one attached hydrogen (secondary N) is 1. The zero-order chi connectivity index (χ0) is 16.9. The lowest BCUT2D eigenvalue weighted by Crippen LogP contribution is -2.11. The number of hydrogen-bond acceptors (Lipinski definition) is 5. The van der Waals surface area contributed by atoms with Crippen LogP contribution in [0.25, 0.3) is 0 Å². The van der Waals surface area contributed by atoms with Crippen LogP contribution in [0.2, 0.25) is 0 Å².